The van der Waals surface area contributed by atoms with Gasteiger partial charge in [-0.05, 0) is 37.1 Å². The number of rotatable bonds is 5. The quantitative estimate of drug-likeness (QED) is 0.637. The summed E-state index contributed by atoms with van der Waals surface area (Å²) in [4.78, 5) is 4.43. The molecule has 0 amide bonds. The molecule has 2 aromatic heterocycles. The summed E-state index contributed by atoms with van der Waals surface area (Å²) in [6.45, 7) is 10.3. The van der Waals surface area contributed by atoms with Crippen LogP contribution >= 0.6 is 23.1 Å². The molecule has 0 aliphatic carbocycles. The van der Waals surface area contributed by atoms with E-state index < -0.39 is 0 Å². The fourth-order valence-electron chi connectivity index (χ4n) is 2.00. The molecule has 0 unspecified atom stereocenters. The molecular formula is C17H21N5OS2. The molecule has 1 aromatic carbocycles. The number of nitrogens with one attached hydrogen (secondary N) is 1. The Labute approximate surface area is 155 Å². The second-order valence-electron chi connectivity index (χ2n) is 6.85. The van der Waals surface area contributed by atoms with Crippen molar-refractivity contribution < 1.29 is 4.52 Å². The Morgan fingerprint density at radius 1 is 1.16 bits per heavy atom. The van der Waals surface area contributed by atoms with Gasteiger partial charge in [0.25, 0.3) is 0 Å². The van der Waals surface area contributed by atoms with Gasteiger partial charge in [-0.2, -0.15) is 4.98 Å². The van der Waals surface area contributed by atoms with Gasteiger partial charge in [-0.15, -0.1) is 10.2 Å². The molecule has 132 valence electrons. The van der Waals surface area contributed by atoms with E-state index in [-0.39, 0.29) is 5.41 Å². The summed E-state index contributed by atoms with van der Waals surface area (Å²) in [7, 11) is 0. The zero-order valence-corrected chi connectivity index (χ0v) is 16.6. The largest absolute Gasteiger partial charge is 0.339 e. The van der Waals surface area contributed by atoms with Crippen LogP contribution in [0, 0.1) is 13.8 Å². The van der Waals surface area contributed by atoms with Crippen LogP contribution < -0.4 is 5.32 Å². The molecule has 3 aromatic rings. The zero-order valence-electron chi connectivity index (χ0n) is 15.0. The van der Waals surface area contributed by atoms with Crippen LogP contribution in [-0.2, 0) is 11.2 Å². The number of anilines is 2. The van der Waals surface area contributed by atoms with Crippen molar-refractivity contribution >= 4 is 33.9 Å². The Bertz CT molecular complexity index is 866. The Balaban J connectivity index is 1.60. The minimum absolute atomic E-state index is 0.137. The van der Waals surface area contributed by atoms with Gasteiger partial charge in [0.1, 0.15) is 0 Å². The first-order valence-corrected chi connectivity index (χ1v) is 9.75. The van der Waals surface area contributed by atoms with Crippen LogP contribution in [-0.4, -0.2) is 20.3 Å². The number of nitrogens with zero attached hydrogens (tertiary/aromatic N) is 4. The lowest BCUT2D eigenvalue weighted by Gasteiger charge is -2.10. The maximum atomic E-state index is 5.30. The zero-order chi connectivity index (χ0) is 18.0. The summed E-state index contributed by atoms with van der Waals surface area (Å²) in [6.07, 6.45) is 0. The van der Waals surface area contributed by atoms with Crippen LogP contribution in [0.25, 0.3) is 0 Å². The molecule has 0 fully saturated rings. The first-order valence-electron chi connectivity index (χ1n) is 7.95. The first-order chi connectivity index (χ1) is 11.8. The predicted molar refractivity (Wildman–Crippen MR) is 102 cm³/mol. The highest BCUT2D eigenvalue weighted by atomic mass is 32.2. The Morgan fingerprint density at radius 2 is 1.96 bits per heavy atom. The third kappa shape index (κ3) is 4.58. The highest BCUT2D eigenvalue weighted by Crippen LogP contribution is 2.30. The van der Waals surface area contributed by atoms with E-state index in [0.29, 0.717) is 17.5 Å². The molecule has 25 heavy (non-hydrogen) atoms. The number of hydrogen-bond donors (Lipinski definition) is 1. The van der Waals surface area contributed by atoms with E-state index in [0.717, 1.165) is 15.2 Å². The van der Waals surface area contributed by atoms with Crippen molar-refractivity contribution in [3.05, 3.63) is 41.0 Å². The van der Waals surface area contributed by atoms with Crippen molar-refractivity contribution in [3.8, 4) is 0 Å². The number of aryl methyl sites for hydroxylation is 2. The Kier molecular flexibility index (Phi) is 5.10. The summed E-state index contributed by atoms with van der Waals surface area (Å²) in [6, 6.07) is 6.25. The van der Waals surface area contributed by atoms with Crippen LogP contribution in [0.3, 0.4) is 0 Å². The molecule has 0 aliphatic heterocycles. The van der Waals surface area contributed by atoms with Gasteiger partial charge >= 0.3 is 0 Å². The summed E-state index contributed by atoms with van der Waals surface area (Å²) in [5.41, 5.74) is 3.40. The van der Waals surface area contributed by atoms with E-state index in [4.69, 9.17) is 4.52 Å². The highest BCUT2D eigenvalue weighted by Gasteiger charge is 2.21. The smallest absolute Gasteiger partial charge is 0.232 e. The molecule has 0 saturated heterocycles. The van der Waals surface area contributed by atoms with Gasteiger partial charge in [0.2, 0.25) is 11.0 Å². The molecule has 8 heteroatoms. The van der Waals surface area contributed by atoms with Crippen molar-refractivity contribution in [2.75, 3.05) is 5.32 Å². The van der Waals surface area contributed by atoms with Crippen molar-refractivity contribution in [1.82, 2.24) is 20.3 Å². The van der Waals surface area contributed by atoms with E-state index in [1.807, 2.05) is 26.8 Å². The highest BCUT2D eigenvalue weighted by molar-refractivity contribution is 8.00. The lowest BCUT2D eigenvalue weighted by molar-refractivity contribution is 0.319. The van der Waals surface area contributed by atoms with Crippen LogP contribution in [0.15, 0.2) is 27.1 Å². The molecule has 2 heterocycles. The SMILES string of the molecule is Cc1ccc(Nc2nnc(SCc3noc(C(C)(C)C)n3)s2)cc1C. The molecular weight excluding hydrogens is 354 g/mol. The van der Waals surface area contributed by atoms with Crippen molar-refractivity contribution in [3.63, 3.8) is 0 Å². The van der Waals surface area contributed by atoms with Gasteiger partial charge in [0.05, 0.1) is 5.75 Å². The monoisotopic (exact) mass is 375 g/mol. The maximum Gasteiger partial charge on any atom is 0.232 e. The molecule has 3 rings (SSSR count). The van der Waals surface area contributed by atoms with Crippen LogP contribution in [0.4, 0.5) is 10.8 Å². The average molecular weight is 376 g/mol. The fourth-order valence-corrected chi connectivity index (χ4v) is 3.62. The van der Waals surface area contributed by atoms with E-state index >= 15 is 0 Å². The number of aromatic nitrogens is 4. The molecule has 0 spiro atoms. The minimum Gasteiger partial charge on any atom is -0.339 e. The maximum absolute atomic E-state index is 5.30. The van der Waals surface area contributed by atoms with Gasteiger partial charge in [0.15, 0.2) is 10.2 Å². The first kappa shape index (κ1) is 17.9. The third-order valence-corrected chi connectivity index (χ3v) is 5.57. The van der Waals surface area contributed by atoms with Gasteiger partial charge < -0.3 is 9.84 Å². The Morgan fingerprint density at radius 3 is 2.64 bits per heavy atom. The predicted octanol–water partition coefficient (Wildman–Crippen LogP) is 4.87. The van der Waals surface area contributed by atoms with Crippen molar-refractivity contribution in [1.29, 1.82) is 0 Å². The fraction of sp³-hybridized carbons (Fsp3) is 0.412. The van der Waals surface area contributed by atoms with Crippen LogP contribution in [0.2, 0.25) is 0 Å². The van der Waals surface area contributed by atoms with Gasteiger partial charge in [0, 0.05) is 11.1 Å². The average Bonchev–Trinajstić information content (AvgIpc) is 3.18. The van der Waals surface area contributed by atoms with Gasteiger partial charge in [-0.3, -0.25) is 0 Å². The summed E-state index contributed by atoms with van der Waals surface area (Å²) in [5.74, 6) is 1.93. The number of benzene rings is 1. The second kappa shape index (κ2) is 7.13. The van der Waals surface area contributed by atoms with Gasteiger partial charge in [-0.25, -0.2) is 0 Å². The topological polar surface area (TPSA) is 76.7 Å². The van der Waals surface area contributed by atoms with E-state index in [1.165, 1.54) is 22.5 Å². The second-order valence-corrected chi connectivity index (χ2v) is 9.05. The van der Waals surface area contributed by atoms with Crippen molar-refractivity contribution in [2.45, 2.75) is 50.1 Å². The normalized spacial score (nSPS) is 11.7. The molecule has 1 N–H and O–H groups in total. The van der Waals surface area contributed by atoms with Crippen LogP contribution in [0.1, 0.15) is 43.6 Å². The Hall–Kier alpha value is -1.93. The molecule has 0 aliphatic rings. The van der Waals surface area contributed by atoms with Crippen molar-refractivity contribution in [2.24, 2.45) is 0 Å². The van der Waals surface area contributed by atoms with E-state index in [1.54, 1.807) is 11.8 Å². The number of hydrogen-bond acceptors (Lipinski definition) is 8. The minimum atomic E-state index is -0.137. The lowest BCUT2D eigenvalue weighted by atomic mass is 9.97. The molecule has 6 nitrogen and oxygen atoms in total. The van der Waals surface area contributed by atoms with E-state index in [2.05, 4.69) is 51.6 Å². The molecule has 0 atom stereocenters. The van der Waals surface area contributed by atoms with E-state index in [9.17, 15) is 0 Å². The number of thioether (sulfide) groups is 1. The molecule has 0 bridgehead atoms. The van der Waals surface area contributed by atoms with Crippen LogP contribution in [0.5, 0.6) is 0 Å². The summed E-state index contributed by atoms with van der Waals surface area (Å²) in [5, 5.41) is 16.5. The lowest BCUT2D eigenvalue weighted by Crippen LogP contribution is -2.11. The molecule has 0 saturated carbocycles. The summed E-state index contributed by atoms with van der Waals surface area (Å²) >= 11 is 3.07. The standard InChI is InChI=1S/C17H21N5OS2/c1-10-6-7-12(8-11(10)2)18-15-20-21-16(25-15)24-9-13-19-14(23-22-13)17(3,4)5/h6-8H,9H2,1-5H3,(H,18,20). The summed E-state index contributed by atoms with van der Waals surface area (Å²) < 4.78 is 6.17. The van der Waals surface area contributed by atoms with Gasteiger partial charge in [-0.1, -0.05) is 55.1 Å². The molecule has 0 radical (unpaired) electrons. The third-order valence-electron chi connectivity index (χ3n) is 3.60.